The summed E-state index contributed by atoms with van der Waals surface area (Å²) in [5, 5.41) is 24.4. The number of nitro groups is 1. The lowest BCUT2D eigenvalue weighted by molar-refractivity contribution is -0.419. The van der Waals surface area contributed by atoms with Crippen LogP contribution in [0.25, 0.3) is 0 Å². The molecule has 4 fully saturated rings. The molecule has 1 spiro atoms. The van der Waals surface area contributed by atoms with Gasteiger partial charge in [0.1, 0.15) is 5.70 Å². The molecular weight excluding hydrogens is 394 g/mol. The van der Waals surface area contributed by atoms with Gasteiger partial charge in [-0.3, -0.25) is 24.5 Å². The van der Waals surface area contributed by atoms with Gasteiger partial charge in [-0.15, -0.1) is 0 Å². The molecule has 6 rings (SSSR count). The highest BCUT2D eigenvalue weighted by molar-refractivity contribution is 6.48. The predicted molar refractivity (Wildman–Crippen MR) is 98.3 cm³/mol. The number of rotatable bonds is 3. The van der Waals surface area contributed by atoms with Crippen LogP contribution in [0.4, 0.5) is 0 Å². The molecule has 6 aliphatic rings. The highest BCUT2D eigenvalue weighted by Crippen LogP contribution is 2.67. The predicted octanol–water partition coefficient (Wildman–Crippen LogP) is -0.00750. The summed E-state index contributed by atoms with van der Waals surface area (Å²) >= 11 is 0. The zero-order valence-corrected chi connectivity index (χ0v) is 15.9. The molecule has 6 unspecified atom stereocenters. The van der Waals surface area contributed by atoms with Gasteiger partial charge < -0.3 is 20.1 Å². The maximum Gasteiger partial charge on any atom is 0.343 e. The summed E-state index contributed by atoms with van der Waals surface area (Å²) < 4.78 is 5.95. The summed E-state index contributed by atoms with van der Waals surface area (Å²) in [6, 6.07) is -0.279. The number of carbonyl (C=O) groups excluding carboxylic acids is 2. The van der Waals surface area contributed by atoms with Gasteiger partial charge in [0.25, 0.3) is 0 Å². The average Bonchev–Trinajstić information content (AvgIpc) is 3.26. The lowest BCUT2D eigenvalue weighted by atomic mass is 9.57. The molecule has 0 radical (unpaired) electrons. The Morgan fingerprint density at radius 3 is 2.97 bits per heavy atom. The number of hydrogen-bond donors (Lipinski definition) is 2. The quantitative estimate of drug-likeness (QED) is 0.283. The Morgan fingerprint density at radius 1 is 1.43 bits per heavy atom. The van der Waals surface area contributed by atoms with Crippen molar-refractivity contribution in [3.8, 4) is 0 Å². The fourth-order valence-corrected chi connectivity index (χ4v) is 7.07. The maximum atomic E-state index is 12.4. The number of allylic oxidation sites excluding steroid dienone is 4. The summed E-state index contributed by atoms with van der Waals surface area (Å²) in [7, 11) is 0. The van der Waals surface area contributed by atoms with Crippen molar-refractivity contribution >= 4 is 17.5 Å². The van der Waals surface area contributed by atoms with Gasteiger partial charge >= 0.3 is 17.4 Å². The van der Waals surface area contributed by atoms with E-state index in [2.05, 4.69) is 10.2 Å². The number of ketones is 2. The number of Topliss-reactive ketones (excluding diaryl/α,β-unsaturated/α-hetero) is 1. The standard InChI is InChI=1S/C20H19N3O7/c24-11-6-9-16(17(18(11)27)23(28)29)21-19-15-8-5-13-20(9,19)2-3-22(13)10(8)1-4-30-12(15)7-14(25)26/h1,6,8,12-13,15,19,21H,2-5,7H2,(H,25,26). The topological polar surface area (TPSA) is 139 Å². The van der Waals surface area contributed by atoms with Gasteiger partial charge in [0, 0.05) is 41.6 Å². The second-order valence-corrected chi connectivity index (χ2v) is 8.87. The van der Waals surface area contributed by atoms with E-state index in [1.807, 2.05) is 6.08 Å². The summed E-state index contributed by atoms with van der Waals surface area (Å²) in [5.74, 6) is -3.09. The zero-order chi connectivity index (χ0) is 20.9. The molecule has 0 aromatic rings. The van der Waals surface area contributed by atoms with E-state index in [0.717, 1.165) is 18.7 Å². The number of carbonyl (C=O) groups is 3. The van der Waals surface area contributed by atoms with E-state index in [-0.39, 0.29) is 36.0 Å². The Kier molecular flexibility index (Phi) is 3.31. The minimum Gasteiger partial charge on any atom is -0.481 e. The van der Waals surface area contributed by atoms with Crippen molar-refractivity contribution in [2.45, 2.75) is 37.5 Å². The van der Waals surface area contributed by atoms with E-state index in [1.54, 1.807) is 0 Å². The second kappa shape index (κ2) is 5.57. The molecule has 0 amide bonds. The number of carboxylic acids is 1. The van der Waals surface area contributed by atoms with Crippen molar-refractivity contribution in [2.24, 2.45) is 17.3 Å². The van der Waals surface area contributed by atoms with Crippen LogP contribution in [-0.4, -0.2) is 63.8 Å². The number of fused-ring (bicyclic) bond motifs is 2. The van der Waals surface area contributed by atoms with Crippen LogP contribution in [0.3, 0.4) is 0 Å². The fourth-order valence-electron chi connectivity index (χ4n) is 7.07. The third kappa shape index (κ3) is 1.90. The Hall–Kier alpha value is -3.01. The Bertz CT molecular complexity index is 1040. The Balaban J connectivity index is 1.57. The van der Waals surface area contributed by atoms with Crippen molar-refractivity contribution in [3.05, 3.63) is 44.9 Å². The molecule has 156 valence electrons. The molecule has 10 nitrogen and oxygen atoms in total. The van der Waals surface area contributed by atoms with E-state index in [4.69, 9.17) is 4.74 Å². The van der Waals surface area contributed by atoms with Crippen LogP contribution in [0.1, 0.15) is 19.3 Å². The zero-order valence-electron chi connectivity index (χ0n) is 15.9. The van der Waals surface area contributed by atoms with Crippen molar-refractivity contribution in [1.82, 2.24) is 10.2 Å². The van der Waals surface area contributed by atoms with E-state index in [0.29, 0.717) is 18.6 Å². The van der Waals surface area contributed by atoms with Crippen LogP contribution in [0.2, 0.25) is 0 Å². The fraction of sp³-hybridized carbons (Fsp3) is 0.550. The van der Waals surface area contributed by atoms with Crippen LogP contribution in [0.15, 0.2) is 34.8 Å². The molecule has 6 atom stereocenters. The van der Waals surface area contributed by atoms with Crippen LogP contribution in [0.5, 0.6) is 0 Å². The Labute approximate surface area is 170 Å². The first kappa shape index (κ1) is 17.8. The maximum absolute atomic E-state index is 12.4. The largest absolute Gasteiger partial charge is 0.481 e. The van der Waals surface area contributed by atoms with E-state index in [1.165, 1.54) is 6.08 Å². The van der Waals surface area contributed by atoms with Gasteiger partial charge in [-0.05, 0) is 30.6 Å². The van der Waals surface area contributed by atoms with Crippen LogP contribution in [0, 0.1) is 27.4 Å². The van der Waals surface area contributed by atoms with Gasteiger partial charge in [0.2, 0.25) is 5.78 Å². The number of nitrogens with zero attached hydrogens (tertiary/aromatic N) is 2. The first-order valence-corrected chi connectivity index (χ1v) is 10.1. The van der Waals surface area contributed by atoms with Crippen molar-refractivity contribution in [3.63, 3.8) is 0 Å². The molecule has 6 bridgehead atoms. The van der Waals surface area contributed by atoms with Crippen LogP contribution < -0.4 is 5.32 Å². The highest BCUT2D eigenvalue weighted by Gasteiger charge is 2.71. The van der Waals surface area contributed by atoms with Gasteiger partial charge in [0.15, 0.2) is 0 Å². The second-order valence-electron chi connectivity index (χ2n) is 8.87. The van der Waals surface area contributed by atoms with E-state index >= 15 is 0 Å². The highest BCUT2D eigenvalue weighted by atomic mass is 16.6. The Morgan fingerprint density at radius 2 is 2.23 bits per heavy atom. The SMILES string of the molecule is O=C(O)CC1OCC=C2C3CC4N2CCC42C4=CC(=O)C(=O)C([N+](=O)[O-])=C4NC2C13. The smallest absolute Gasteiger partial charge is 0.343 e. The number of carboxylic acid groups (broad SMARTS) is 1. The molecule has 30 heavy (non-hydrogen) atoms. The average molecular weight is 413 g/mol. The molecule has 2 N–H and O–H groups in total. The van der Waals surface area contributed by atoms with Crippen molar-refractivity contribution in [2.75, 3.05) is 13.2 Å². The molecule has 5 aliphatic heterocycles. The van der Waals surface area contributed by atoms with Gasteiger partial charge in [0.05, 0.1) is 24.1 Å². The molecule has 4 saturated heterocycles. The molecule has 0 aromatic heterocycles. The van der Waals surface area contributed by atoms with Crippen LogP contribution in [-0.2, 0) is 19.1 Å². The molecule has 5 heterocycles. The molecule has 0 saturated carbocycles. The molecule has 0 aromatic carbocycles. The number of nitrogens with one attached hydrogen (secondary N) is 1. The molecular formula is C20H19N3O7. The minimum atomic E-state index is -1.11. The van der Waals surface area contributed by atoms with E-state index in [9.17, 15) is 29.6 Å². The first-order chi connectivity index (χ1) is 14.3. The number of aliphatic carboxylic acids is 1. The molecule has 10 heteroatoms. The van der Waals surface area contributed by atoms with Gasteiger partial charge in [-0.1, -0.05) is 0 Å². The monoisotopic (exact) mass is 413 g/mol. The van der Waals surface area contributed by atoms with Crippen molar-refractivity contribution < 1.29 is 29.2 Å². The van der Waals surface area contributed by atoms with Crippen LogP contribution >= 0.6 is 0 Å². The summed E-state index contributed by atoms with van der Waals surface area (Å²) in [6.45, 7) is 1.08. The van der Waals surface area contributed by atoms with E-state index < -0.39 is 39.7 Å². The summed E-state index contributed by atoms with van der Waals surface area (Å²) in [6.07, 6.45) is 4.04. The van der Waals surface area contributed by atoms with Gasteiger partial charge in [-0.25, -0.2) is 0 Å². The number of hydrogen-bond acceptors (Lipinski definition) is 8. The summed E-state index contributed by atoms with van der Waals surface area (Å²) in [4.78, 5) is 49.4. The third-order valence-corrected chi connectivity index (χ3v) is 7.94. The summed E-state index contributed by atoms with van der Waals surface area (Å²) in [5.41, 5.74) is 0.547. The number of ether oxygens (including phenoxy) is 1. The molecule has 1 aliphatic carbocycles. The minimum absolute atomic E-state index is 0.0591. The first-order valence-electron chi connectivity index (χ1n) is 10.1. The normalized spacial score (nSPS) is 40.4. The van der Waals surface area contributed by atoms with Crippen molar-refractivity contribution in [1.29, 1.82) is 0 Å². The third-order valence-electron chi connectivity index (χ3n) is 7.94. The van der Waals surface area contributed by atoms with Gasteiger partial charge in [-0.2, -0.15) is 0 Å². The lowest BCUT2D eigenvalue weighted by Crippen LogP contribution is -2.56. The lowest BCUT2D eigenvalue weighted by Gasteiger charge is -2.47.